The molecule has 2 N–H and O–H groups in total. The van der Waals surface area contributed by atoms with Crippen molar-refractivity contribution >= 4 is 11.7 Å². The van der Waals surface area contributed by atoms with Crippen LogP contribution in [0.25, 0.3) is 0 Å². The van der Waals surface area contributed by atoms with E-state index in [1.807, 2.05) is 6.08 Å². The van der Waals surface area contributed by atoms with Crippen molar-refractivity contribution in [2.75, 3.05) is 0 Å². The lowest BCUT2D eigenvalue weighted by Crippen LogP contribution is -2.09. The van der Waals surface area contributed by atoms with Gasteiger partial charge in [-0.15, -0.1) is 6.58 Å². The lowest BCUT2D eigenvalue weighted by molar-refractivity contribution is 0.648. The fourth-order valence-corrected chi connectivity index (χ4v) is 1.26. The Bertz CT molecular complexity index is 207. The Kier molecular flexibility index (Phi) is 3.19. The van der Waals surface area contributed by atoms with E-state index in [0.717, 1.165) is 18.5 Å². The van der Waals surface area contributed by atoms with Gasteiger partial charge in [0.1, 0.15) is 0 Å². The third-order valence-corrected chi connectivity index (χ3v) is 1.93. The maximum Gasteiger partial charge on any atom is 0.0910 e. The average molecular weight is 169 g/mol. The van der Waals surface area contributed by atoms with Crippen LogP contribution in [-0.4, -0.2) is 8.75 Å². The molecule has 0 fully saturated rings. The Labute approximate surface area is 70.3 Å². The molecule has 3 nitrogen and oxygen atoms in total. The zero-order chi connectivity index (χ0) is 8.10. The van der Waals surface area contributed by atoms with Crippen LogP contribution in [0.5, 0.6) is 0 Å². The van der Waals surface area contributed by atoms with Crippen LogP contribution in [0.3, 0.4) is 0 Å². The van der Waals surface area contributed by atoms with Gasteiger partial charge in [-0.3, -0.25) is 0 Å². The quantitative estimate of drug-likeness (QED) is 0.695. The SMILES string of the molecule is C=CCCC(N)c1cnsn1. The lowest BCUT2D eigenvalue weighted by Gasteiger charge is -2.04. The Morgan fingerprint density at radius 2 is 2.64 bits per heavy atom. The number of aromatic nitrogens is 2. The molecular formula is C7H11N3S. The number of nitrogens with zero attached hydrogens (tertiary/aromatic N) is 2. The number of rotatable bonds is 4. The second kappa shape index (κ2) is 4.20. The van der Waals surface area contributed by atoms with E-state index in [9.17, 15) is 0 Å². The molecule has 0 saturated heterocycles. The van der Waals surface area contributed by atoms with Gasteiger partial charge in [0.2, 0.25) is 0 Å². The fraction of sp³-hybridized carbons (Fsp3) is 0.429. The molecule has 0 radical (unpaired) electrons. The van der Waals surface area contributed by atoms with E-state index in [1.54, 1.807) is 6.20 Å². The highest BCUT2D eigenvalue weighted by molar-refractivity contribution is 6.99. The Hall–Kier alpha value is -0.740. The summed E-state index contributed by atoms with van der Waals surface area (Å²) in [5, 5.41) is 0. The Morgan fingerprint density at radius 1 is 1.82 bits per heavy atom. The van der Waals surface area contributed by atoms with E-state index < -0.39 is 0 Å². The van der Waals surface area contributed by atoms with Crippen molar-refractivity contribution < 1.29 is 0 Å². The average Bonchev–Trinajstić information content (AvgIpc) is 2.52. The maximum absolute atomic E-state index is 5.78. The van der Waals surface area contributed by atoms with Crippen LogP contribution in [0.1, 0.15) is 24.6 Å². The third kappa shape index (κ3) is 2.40. The first kappa shape index (κ1) is 8.36. The lowest BCUT2D eigenvalue weighted by atomic mass is 10.1. The molecule has 1 aromatic heterocycles. The van der Waals surface area contributed by atoms with Crippen LogP contribution in [0.15, 0.2) is 18.9 Å². The molecule has 60 valence electrons. The van der Waals surface area contributed by atoms with Crippen LogP contribution in [0.2, 0.25) is 0 Å². The molecule has 0 saturated carbocycles. The second-order valence-electron chi connectivity index (χ2n) is 2.30. The van der Waals surface area contributed by atoms with Crippen LogP contribution in [-0.2, 0) is 0 Å². The molecule has 11 heavy (non-hydrogen) atoms. The van der Waals surface area contributed by atoms with Crippen LogP contribution >= 0.6 is 11.7 Å². The summed E-state index contributed by atoms with van der Waals surface area (Å²) >= 11 is 1.20. The summed E-state index contributed by atoms with van der Waals surface area (Å²) in [5.41, 5.74) is 6.67. The van der Waals surface area contributed by atoms with Crippen molar-refractivity contribution in [3.05, 3.63) is 24.5 Å². The van der Waals surface area contributed by atoms with E-state index in [0.29, 0.717) is 0 Å². The standard InChI is InChI=1S/C7H11N3S/c1-2-3-4-6(8)7-5-9-11-10-7/h2,5-6H,1,3-4,8H2. The molecule has 4 heteroatoms. The molecule has 1 rings (SSSR count). The summed E-state index contributed by atoms with van der Waals surface area (Å²) < 4.78 is 7.92. The monoisotopic (exact) mass is 169 g/mol. The predicted octanol–water partition coefficient (Wildman–Crippen LogP) is 1.50. The van der Waals surface area contributed by atoms with Gasteiger partial charge in [-0.1, -0.05) is 6.08 Å². The highest BCUT2D eigenvalue weighted by Gasteiger charge is 2.06. The molecule has 0 aliphatic carbocycles. The topological polar surface area (TPSA) is 51.8 Å². The number of allylic oxidation sites excluding steroid dienone is 1. The van der Waals surface area contributed by atoms with Crippen LogP contribution in [0, 0.1) is 0 Å². The minimum absolute atomic E-state index is 0.0201. The van der Waals surface area contributed by atoms with E-state index >= 15 is 0 Å². The third-order valence-electron chi connectivity index (χ3n) is 1.44. The molecule has 1 atom stereocenters. The van der Waals surface area contributed by atoms with Crippen molar-refractivity contribution in [3.8, 4) is 0 Å². The number of nitrogens with two attached hydrogens (primary N) is 1. The normalized spacial score (nSPS) is 12.8. The van der Waals surface area contributed by atoms with Crippen molar-refractivity contribution in [1.29, 1.82) is 0 Å². The Balaban J connectivity index is 2.42. The fourth-order valence-electron chi connectivity index (χ4n) is 0.781. The molecule has 0 amide bonds. The van der Waals surface area contributed by atoms with Crippen LogP contribution < -0.4 is 5.73 Å². The predicted molar refractivity (Wildman–Crippen MR) is 46.3 cm³/mol. The van der Waals surface area contributed by atoms with Gasteiger partial charge in [0.15, 0.2) is 0 Å². The number of hydrogen-bond donors (Lipinski definition) is 1. The zero-order valence-corrected chi connectivity index (χ0v) is 7.05. The minimum Gasteiger partial charge on any atom is -0.323 e. The first-order chi connectivity index (χ1) is 5.34. The highest BCUT2D eigenvalue weighted by Crippen LogP contribution is 2.12. The molecule has 0 spiro atoms. The maximum atomic E-state index is 5.78. The summed E-state index contributed by atoms with van der Waals surface area (Å²) in [6.07, 6.45) is 5.41. The molecule has 1 aromatic rings. The molecule has 1 heterocycles. The van der Waals surface area contributed by atoms with Crippen molar-refractivity contribution in [2.45, 2.75) is 18.9 Å². The molecule has 0 bridgehead atoms. The summed E-state index contributed by atoms with van der Waals surface area (Å²) in [5.74, 6) is 0. The van der Waals surface area contributed by atoms with Gasteiger partial charge in [-0.25, -0.2) is 0 Å². The minimum atomic E-state index is 0.0201. The van der Waals surface area contributed by atoms with Gasteiger partial charge >= 0.3 is 0 Å². The summed E-state index contributed by atoms with van der Waals surface area (Å²) in [6.45, 7) is 3.62. The molecular weight excluding hydrogens is 158 g/mol. The second-order valence-corrected chi connectivity index (χ2v) is 2.86. The first-order valence-electron chi connectivity index (χ1n) is 3.48. The number of hydrogen-bond acceptors (Lipinski definition) is 4. The van der Waals surface area contributed by atoms with Crippen molar-refractivity contribution in [3.63, 3.8) is 0 Å². The van der Waals surface area contributed by atoms with E-state index in [1.165, 1.54) is 11.7 Å². The first-order valence-corrected chi connectivity index (χ1v) is 4.21. The summed E-state index contributed by atoms with van der Waals surface area (Å²) in [7, 11) is 0. The molecule has 1 unspecified atom stereocenters. The van der Waals surface area contributed by atoms with Gasteiger partial charge < -0.3 is 5.73 Å². The molecule has 0 aliphatic heterocycles. The van der Waals surface area contributed by atoms with Crippen LogP contribution in [0.4, 0.5) is 0 Å². The van der Waals surface area contributed by atoms with Crippen molar-refractivity contribution in [2.24, 2.45) is 5.73 Å². The zero-order valence-electron chi connectivity index (χ0n) is 6.23. The van der Waals surface area contributed by atoms with Gasteiger partial charge in [-0.2, -0.15) is 8.75 Å². The van der Waals surface area contributed by atoms with E-state index in [2.05, 4.69) is 15.3 Å². The van der Waals surface area contributed by atoms with Crippen molar-refractivity contribution in [1.82, 2.24) is 8.75 Å². The van der Waals surface area contributed by atoms with Gasteiger partial charge in [-0.05, 0) is 12.8 Å². The Morgan fingerprint density at radius 3 is 3.18 bits per heavy atom. The van der Waals surface area contributed by atoms with E-state index in [-0.39, 0.29) is 6.04 Å². The highest BCUT2D eigenvalue weighted by atomic mass is 32.1. The van der Waals surface area contributed by atoms with Gasteiger partial charge in [0.25, 0.3) is 0 Å². The van der Waals surface area contributed by atoms with Gasteiger partial charge in [0, 0.05) is 0 Å². The molecule has 0 aromatic carbocycles. The molecule has 0 aliphatic rings. The van der Waals surface area contributed by atoms with Gasteiger partial charge in [0.05, 0.1) is 29.7 Å². The summed E-state index contributed by atoms with van der Waals surface area (Å²) in [4.78, 5) is 0. The smallest absolute Gasteiger partial charge is 0.0910 e. The van der Waals surface area contributed by atoms with E-state index in [4.69, 9.17) is 5.73 Å². The summed E-state index contributed by atoms with van der Waals surface area (Å²) in [6, 6.07) is 0.0201. The largest absolute Gasteiger partial charge is 0.323 e.